The van der Waals surface area contributed by atoms with Crippen LogP contribution in [0.1, 0.15) is 41.4 Å². The van der Waals surface area contributed by atoms with Crippen molar-refractivity contribution in [1.82, 2.24) is 5.32 Å². The number of phenolic OH excluding ortho intramolecular Hbond substituents is 1. The van der Waals surface area contributed by atoms with Gasteiger partial charge in [-0.15, -0.1) is 0 Å². The first-order valence-corrected chi connectivity index (χ1v) is 12.2. The van der Waals surface area contributed by atoms with Crippen LogP contribution >= 0.6 is 11.6 Å². The van der Waals surface area contributed by atoms with Gasteiger partial charge in [-0.05, 0) is 58.7 Å². The lowest BCUT2D eigenvalue weighted by Gasteiger charge is -2.12. The number of benzene rings is 4. The van der Waals surface area contributed by atoms with Gasteiger partial charge in [-0.25, -0.2) is 0 Å². The van der Waals surface area contributed by atoms with Crippen LogP contribution in [0.5, 0.6) is 5.75 Å². The monoisotopic (exact) mass is 483 g/mol. The lowest BCUT2D eigenvalue weighted by Crippen LogP contribution is -2.23. The Morgan fingerprint density at radius 3 is 2.57 bits per heavy atom. The summed E-state index contributed by atoms with van der Waals surface area (Å²) < 4.78 is 6.01. The smallest absolute Gasteiger partial charge is 0.255 e. The van der Waals surface area contributed by atoms with Crippen LogP contribution in [0.2, 0.25) is 5.02 Å². The molecule has 5 rings (SSSR count). The molecule has 0 atom stereocenters. The Labute approximate surface area is 209 Å². The third-order valence-corrected chi connectivity index (χ3v) is 6.55. The fourth-order valence-corrected chi connectivity index (χ4v) is 4.65. The van der Waals surface area contributed by atoms with Gasteiger partial charge in [0.2, 0.25) is 0 Å². The number of aryl methyl sites for hydroxylation is 1. The van der Waals surface area contributed by atoms with Crippen LogP contribution in [-0.2, 0) is 13.0 Å². The van der Waals surface area contributed by atoms with Gasteiger partial charge in [-0.2, -0.15) is 0 Å². The number of furan rings is 1. The fraction of sp³-hybridized carbons (Fsp3) is 0.167. The lowest BCUT2D eigenvalue weighted by molar-refractivity contribution is 0.0950. The summed E-state index contributed by atoms with van der Waals surface area (Å²) in [6.07, 6.45) is 2.73. The molecule has 1 aromatic heterocycles. The van der Waals surface area contributed by atoms with Gasteiger partial charge in [-0.1, -0.05) is 73.5 Å². The number of unbranched alkanes of at least 4 members (excludes halogenated alkanes) is 1. The van der Waals surface area contributed by atoms with Crippen molar-refractivity contribution in [2.24, 2.45) is 0 Å². The predicted molar refractivity (Wildman–Crippen MR) is 142 cm³/mol. The Kier molecular flexibility index (Phi) is 6.47. The van der Waals surface area contributed by atoms with Gasteiger partial charge in [-0.3, -0.25) is 4.79 Å². The summed E-state index contributed by atoms with van der Waals surface area (Å²) in [4.78, 5) is 13.2. The molecule has 0 aliphatic heterocycles. The zero-order valence-corrected chi connectivity index (χ0v) is 20.2. The molecular weight excluding hydrogens is 458 g/mol. The molecule has 4 nitrogen and oxygen atoms in total. The zero-order chi connectivity index (χ0) is 24.4. The highest BCUT2D eigenvalue weighted by Crippen LogP contribution is 2.37. The van der Waals surface area contributed by atoms with E-state index >= 15 is 0 Å². The standard InChI is InChI=1S/C30H26ClNO3/c1-2-3-7-27-29(24-6-4-5-8-26(24)35-27)30(34)32-18-19-9-15-23-21(17-19)12-16-25(33)28(23)20-10-13-22(31)14-11-20/h4-6,8-17,33H,2-3,7,18H2,1H3,(H,32,34). The van der Waals surface area contributed by atoms with Crippen LogP contribution in [0.4, 0.5) is 0 Å². The Morgan fingerprint density at radius 1 is 0.971 bits per heavy atom. The molecule has 5 aromatic rings. The van der Waals surface area contributed by atoms with Gasteiger partial charge >= 0.3 is 0 Å². The Balaban J connectivity index is 1.42. The number of phenols is 1. The van der Waals surface area contributed by atoms with Gasteiger partial charge in [0.25, 0.3) is 5.91 Å². The largest absolute Gasteiger partial charge is 0.507 e. The number of fused-ring (bicyclic) bond motifs is 2. The Bertz CT molecular complexity index is 1520. The van der Waals surface area contributed by atoms with E-state index in [-0.39, 0.29) is 11.7 Å². The maximum Gasteiger partial charge on any atom is 0.255 e. The summed E-state index contributed by atoms with van der Waals surface area (Å²) in [7, 11) is 0. The molecule has 1 amide bonds. The molecule has 0 radical (unpaired) electrons. The van der Waals surface area contributed by atoms with Crippen molar-refractivity contribution in [3.8, 4) is 16.9 Å². The van der Waals surface area contributed by atoms with Crippen LogP contribution in [0.25, 0.3) is 32.9 Å². The first-order valence-electron chi connectivity index (χ1n) is 11.8. The van der Waals surface area contributed by atoms with Crippen molar-refractivity contribution in [1.29, 1.82) is 0 Å². The predicted octanol–water partition coefficient (Wildman–Crippen LogP) is 7.88. The van der Waals surface area contributed by atoms with Gasteiger partial charge in [0, 0.05) is 28.9 Å². The van der Waals surface area contributed by atoms with Gasteiger partial charge in [0.1, 0.15) is 17.1 Å². The van der Waals surface area contributed by atoms with Crippen molar-refractivity contribution in [2.75, 3.05) is 0 Å². The maximum atomic E-state index is 13.2. The van der Waals surface area contributed by atoms with Crippen LogP contribution in [0.3, 0.4) is 0 Å². The first kappa shape index (κ1) is 23.0. The van der Waals surface area contributed by atoms with E-state index in [9.17, 15) is 9.90 Å². The molecule has 1 heterocycles. The highest BCUT2D eigenvalue weighted by Gasteiger charge is 2.20. The number of halogens is 1. The molecular formula is C30H26ClNO3. The number of carbonyl (C=O) groups excluding carboxylic acids is 1. The van der Waals surface area contributed by atoms with Gasteiger partial charge in [0.05, 0.1) is 5.56 Å². The van der Waals surface area contributed by atoms with Crippen molar-refractivity contribution in [2.45, 2.75) is 32.7 Å². The van der Waals surface area contributed by atoms with E-state index in [0.717, 1.165) is 63.5 Å². The van der Waals surface area contributed by atoms with E-state index in [4.69, 9.17) is 16.0 Å². The van der Waals surface area contributed by atoms with E-state index in [1.165, 1.54) is 0 Å². The van der Waals surface area contributed by atoms with Gasteiger partial charge in [0.15, 0.2) is 0 Å². The molecule has 0 aliphatic rings. The van der Waals surface area contributed by atoms with Crippen LogP contribution < -0.4 is 5.32 Å². The summed E-state index contributed by atoms with van der Waals surface area (Å²) in [5.41, 5.74) is 4.00. The number of carbonyl (C=O) groups is 1. The Hall–Kier alpha value is -3.76. The second-order valence-electron chi connectivity index (χ2n) is 8.70. The molecule has 0 saturated heterocycles. The number of nitrogens with one attached hydrogen (secondary N) is 1. The first-order chi connectivity index (χ1) is 17.0. The summed E-state index contributed by atoms with van der Waals surface area (Å²) in [5.74, 6) is 0.827. The Morgan fingerprint density at radius 2 is 1.77 bits per heavy atom. The number of amides is 1. The molecule has 5 heteroatoms. The molecule has 0 fully saturated rings. The van der Waals surface area contributed by atoms with Crippen molar-refractivity contribution in [3.63, 3.8) is 0 Å². The second-order valence-corrected chi connectivity index (χ2v) is 9.14. The highest BCUT2D eigenvalue weighted by molar-refractivity contribution is 6.30. The zero-order valence-electron chi connectivity index (χ0n) is 19.5. The molecule has 2 N–H and O–H groups in total. The van der Waals surface area contributed by atoms with Crippen LogP contribution in [0.15, 0.2) is 83.3 Å². The number of rotatable bonds is 7. The minimum atomic E-state index is -0.131. The molecule has 0 spiro atoms. The van der Waals surface area contributed by atoms with Crippen LogP contribution in [0, 0.1) is 0 Å². The average molecular weight is 484 g/mol. The summed E-state index contributed by atoms with van der Waals surface area (Å²) >= 11 is 6.04. The summed E-state index contributed by atoms with van der Waals surface area (Å²) in [6.45, 7) is 2.51. The van der Waals surface area contributed by atoms with Crippen molar-refractivity contribution < 1.29 is 14.3 Å². The molecule has 176 valence electrons. The topological polar surface area (TPSA) is 62.5 Å². The third kappa shape index (κ3) is 4.62. The average Bonchev–Trinajstić information content (AvgIpc) is 3.25. The van der Waals surface area contributed by atoms with Crippen LogP contribution in [-0.4, -0.2) is 11.0 Å². The van der Waals surface area contributed by atoms with E-state index in [2.05, 4.69) is 12.2 Å². The molecule has 35 heavy (non-hydrogen) atoms. The molecule has 0 saturated carbocycles. The minimum Gasteiger partial charge on any atom is -0.507 e. The third-order valence-electron chi connectivity index (χ3n) is 6.30. The van der Waals surface area contributed by atoms with E-state index < -0.39 is 0 Å². The van der Waals surface area contributed by atoms with Gasteiger partial charge < -0.3 is 14.8 Å². The quantitative estimate of drug-likeness (QED) is 0.247. The molecule has 0 unspecified atom stereocenters. The number of hydrogen-bond acceptors (Lipinski definition) is 3. The minimum absolute atomic E-state index is 0.131. The van der Waals surface area contributed by atoms with E-state index in [1.807, 2.05) is 72.8 Å². The maximum absolute atomic E-state index is 13.2. The number of para-hydroxylation sites is 1. The van der Waals surface area contributed by atoms with Crippen molar-refractivity contribution >= 4 is 39.2 Å². The normalized spacial score (nSPS) is 11.3. The summed E-state index contributed by atoms with van der Waals surface area (Å²) in [5, 5.41) is 17.0. The second kappa shape index (κ2) is 9.85. The van der Waals surface area contributed by atoms with E-state index in [0.29, 0.717) is 17.1 Å². The van der Waals surface area contributed by atoms with Crippen molar-refractivity contribution in [3.05, 3.63) is 101 Å². The lowest BCUT2D eigenvalue weighted by atomic mass is 9.96. The molecule has 0 aliphatic carbocycles. The molecule has 4 aromatic carbocycles. The molecule has 0 bridgehead atoms. The highest BCUT2D eigenvalue weighted by atomic mass is 35.5. The number of hydrogen-bond donors (Lipinski definition) is 2. The number of aromatic hydroxyl groups is 1. The summed E-state index contributed by atoms with van der Waals surface area (Å²) in [6, 6.07) is 24.7. The SMILES string of the molecule is CCCCc1oc2ccccc2c1C(=O)NCc1ccc2c(-c3ccc(Cl)cc3)c(O)ccc2c1. The fourth-order valence-electron chi connectivity index (χ4n) is 4.53. The van der Waals surface area contributed by atoms with E-state index in [1.54, 1.807) is 6.07 Å².